The van der Waals surface area contributed by atoms with Gasteiger partial charge in [0.1, 0.15) is 0 Å². The van der Waals surface area contributed by atoms with Crippen molar-refractivity contribution in [1.29, 1.82) is 0 Å². The van der Waals surface area contributed by atoms with Crippen LogP contribution in [0, 0.1) is 5.92 Å². The smallest absolute Gasteiger partial charge is 0.0471 e. The molecule has 0 saturated carbocycles. The molecule has 2 atom stereocenters. The van der Waals surface area contributed by atoms with Gasteiger partial charge in [-0.1, -0.05) is 34.1 Å². The van der Waals surface area contributed by atoms with Crippen LogP contribution >= 0.6 is 15.9 Å². The Morgan fingerprint density at radius 3 is 2.89 bits per heavy atom. The predicted molar refractivity (Wildman–Crippen MR) is 77.3 cm³/mol. The minimum absolute atomic E-state index is 0.0775. The fourth-order valence-electron chi connectivity index (χ4n) is 2.52. The van der Waals surface area contributed by atoms with Gasteiger partial charge in [-0.15, -0.1) is 0 Å². The van der Waals surface area contributed by atoms with Crippen LogP contribution in [0.2, 0.25) is 0 Å². The molecule has 1 aromatic rings. The molecule has 1 saturated heterocycles. The zero-order valence-electron chi connectivity index (χ0n) is 10.6. The van der Waals surface area contributed by atoms with E-state index < -0.39 is 0 Å². The molecule has 18 heavy (non-hydrogen) atoms. The third-order valence-electron chi connectivity index (χ3n) is 3.69. The number of hydrogen-bond acceptors (Lipinski definition) is 3. The minimum Gasteiger partial charge on any atom is -0.396 e. The van der Waals surface area contributed by atoms with Crippen LogP contribution in [0.4, 0.5) is 0 Å². The van der Waals surface area contributed by atoms with E-state index in [1.807, 2.05) is 18.2 Å². The first kappa shape index (κ1) is 14.0. The van der Waals surface area contributed by atoms with Crippen LogP contribution in [0.3, 0.4) is 0 Å². The fourth-order valence-corrected chi connectivity index (χ4v) is 3.10. The first-order valence-corrected chi connectivity index (χ1v) is 7.33. The first-order valence-electron chi connectivity index (χ1n) is 6.54. The van der Waals surface area contributed by atoms with E-state index in [9.17, 15) is 0 Å². The molecule has 2 rings (SSSR count). The lowest BCUT2D eigenvalue weighted by Gasteiger charge is -2.19. The van der Waals surface area contributed by atoms with Crippen molar-refractivity contribution in [2.45, 2.75) is 18.9 Å². The van der Waals surface area contributed by atoms with Gasteiger partial charge in [-0.3, -0.25) is 0 Å². The van der Waals surface area contributed by atoms with Gasteiger partial charge in [0, 0.05) is 23.7 Å². The van der Waals surface area contributed by atoms with Crippen molar-refractivity contribution < 1.29 is 5.11 Å². The molecular formula is C14H21BrN2O. The van der Waals surface area contributed by atoms with Crippen LogP contribution in [0.1, 0.15) is 24.4 Å². The zero-order valence-corrected chi connectivity index (χ0v) is 12.1. The summed E-state index contributed by atoms with van der Waals surface area (Å²) < 4.78 is 1.09. The highest BCUT2D eigenvalue weighted by molar-refractivity contribution is 9.10. The monoisotopic (exact) mass is 312 g/mol. The Balaban J connectivity index is 1.82. The van der Waals surface area contributed by atoms with Crippen molar-refractivity contribution in [1.82, 2.24) is 4.90 Å². The van der Waals surface area contributed by atoms with E-state index in [1.165, 1.54) is 5.56 Å². The van der Waals surface area contributed by atoms with Crippen LogP contribution in [-0.4, -0.2) is 36.2 Å². The topological polar surface area (TPSA) is 49.5 Å². The van der Waals surface area contributed by atoms with Crippen LogP contribution < -0.4 is 5.73 Å². The molecule has 0 bridgehead atoms. The van der Waals surface area contributed by atoms with Gasteiger partial charge < -0.3 is 15.7 Å². The van der Waals surface area contributed by atoms with Gasteiger partial charge in [-0.05, 0) is 43.5 Å². The number of likely N-dealkylation sites (tertiary alicyclic amines) is 1. The molecule has 1 heterocycles. The molecule has 1 aromatic carbocycles. The van der Waals surface area contributed by atoms with Gasteiger partial charge in [0.25, 0.3) is 0 Å². The molecular weight excluding hydrogens is 292 g/mol. The second-order valence-electron chi connectivity index (χ2n) is 5.05. The van der Waals surface area contributed by atoms with E-state index in [-0.39, 0.29) is 6.04 Å². The van der Waals surface area contributed by atoms with E-state index >= 15 is 0 Å². The van der Waals surface area contributed by atoms with Crippen molar-refractivity contribution in [3.63, 3.8) is 0 Å². The maximum atomic E-state index is 9.12. The third kappa shape index (κ3) is 3.54. The Labute approximate surface area is 117 Å². The summed E-state index contributed by atoms with van der Waals surface area (Å²) in [6.45, 7) is 3.43. The predicted octanol–water partition coefficient (Wildman–Crippen LogP) is 2.15. The van der Waals surface area contributed by atoms with Gasteiger partial charge in [-0.25, -0.2) is 0 Å². The van der Waals surface area contributed by atoms with Crippen LogP contribution in [0.5, 0.6) is 0 Å². The summed E-state index contributed by atoms with van der Waals surface area (Å²) in [4.78, 5) is 2.40. The molecule has 0 aliphatic carbocycles. The second kappa shape index (κ2) is 6.66. The van der Waals surface area contributed by atoms with Crippen molar-refractivity contribution in [2.24, 2.45) is 11.7 Å². The summed E-state index contributed by atoms with van der Waals surface area (Å²) in [5, 5.41) is 9.12. The summed E-state index contributed by atoms with van der Waals surface area (Å²) in [6, 6.07) is 8.22. The average molecular weight is 313 g/mol. The average Bonchev–Trinajstić information content (AvgIpc) is 2.84. The number of benzene rings is 1. The second-order valence-corrected chi connectivity index (χ2v) is 5.91. The Bertz CT molecular complexity index is 386. The van der Waals surface area contributed by atoms with E-state index in [2.05, 4.69) is 26.9 Å². The number of halogens is 1. The molecule has 1 fully saturated rings. The Hall–Kier alpha value is -0.420. The lowest BCUT2D eigenvalue weighted by Crippen LogP contribution is -2.26. The quantitative estimate of drug-likeness (QED) is 0.876. The number of nitrogens with zero attached hydrogens (tertiary/aromatic N) is 1. The number of hydrogen-bond donors (Lipinski definition) is 2. The molecule has 0 amide bonds. The minimum atomic E-state index is 0.0775. The third-order valence-corrected chi connectivity index (χ3v) is 4.41. The van der Waals surface area contributed by atoms with Gasteiger partial charge in [0.05, 0.1) is 0 Å². The van der Waals surface area contributed by atoms with E-state index in [4.69, 9.17) is 10.8 Å². The number of nitrogens with two attached hydrogens (primary N) is 1. The molecule has 4 heteroatoms. The van der Waals surface area contributed by atoms with Gasteiger partial charge in [0.2, 0.25) is 0 Å². The zero-order chi connectivity index (χ0) is 13.0. The summed E-state index contributed by atoms with van der Waals surface area (Å²) in [7, 11) is 0. The molecule has 0 radical (unpaired) electrons. The van der Waals surface area contributed by atoms with Gasteiger partial charge >= 0.3 is 0 Å². The highest BCUT2D eigenvalue weighted by atomic mass is 79.9. The normalized spacial score (nSPS) is 22.3. The maximum absolute atomic E-state index is 9.12. The molecule has 2 unspecified atom stereocenters. The molecule has 0 spiro atoms. The number of rotatable bonds is 5. The molecule has 3 nitrogen and oxygen atoms in total. The van der Waals surface area contributed by atoms with E-state index in [1.54, 1.807) is 0 Å². The van der Waals surface area contributed by atoms with Crippen LogP contribution in [0.25, 0.3) is 0 Å². The maximum Gasteiger partial charge on any atom is 0.0471 e. The van der Waals surface area contributed by atoms with Crippen LogP contribution in [0.15, 0.2) is 28.7 Å². The largest absolute Gasteiger partial charge is 0.396 e. The number of aliphatic hydroxyl groups is 1. The molecule has 100 valence electrons. The highest BCUT2D eigenvalue weighted by Crippen LogP contribution is 2.24. The SMILES string of the molecule is NC(CCN1CCC(CO)C1)c1ccccc1Br. The van der Waals surface area contributed by atoms with Crippen molar-refractivity contribution in [3.05, 3.63) is 34.3 Å². The summed E-state index contributed by atoms with van der Waals surface area (Å²) in [5.74, 6) is 0.463. The standard InChI is InChI=1S/C14H21BrN2O/c15-13-4-2-1-3-12(13)14(16)6-8-17-7-5-11(9-17)10-18/h1-4,11,14,18H,5-10,16H2. The Morgan fingerprint density at radius 2 is 2.22 bits per heavy atom. The molecule has 1 aliphatic rings. The van der Waals surface area contributed by atoms with E-state index in [0.29, 0.717) is 12.5 Å². The highest BCUT2D eigenvalue weighted by Gasteiger charge is 2.22. The molecule has 0 aromatic heterocycles. The van der Waals surface area contributed by atoms with Crippen molar-refractivity contribution >= 4 is 15.9 Å². The lowest BCUT2D eigenvalue weighted by atomic mass is 10.0. The summed E-state index contributed by atoms with van der Waals surface area (Å²) >= 11 is 3.54. The van der Waals surface area contributed by atoms with Crippen LogP contribution in [-0.2, 0) is 0 Å². The fraction of sp³-hybridized carbons (Fsp3) is 0.571. The number of aliphatic hydroxyl groups excluding tert-OH is 1. The van der Waals surface area contributed by atoms with E-state index in [0.717, 1.165) is 36.9 Å². The molecule has 3 N–H and O–H groups in total. The Kier molecular flexibility index (Phi) is 5.18. The van der Waals surface area contributed by atoms with Crippen molar-refractivity contribution in [3.8, 4) is 0 Å². The van der Waals surface area contributed by atoms with Gasteiger partial charge in [0.15, 0.2) is 0 Å². The van der Waals surface area contributed by atoms with Crippen molar-refractivity contribution in [2.75, 3.05) is 26.2 Å². The first-order chi connectivity index (χ1) is 8.70. The van der Waals surface area contributed by atoms with Gasteiger partial charge in [-0.2, -0.15) is 0 Å². The summed E-state index contributed by atoms with van der Waals surface area (Å²) in [6.07, 6.45) is 2.07. The molecule has 1 aliphatic heterocycles. The summed E-state index contributed by atoms with van der Waals surface area (Å²) in [5.41, 5.74) is 7.41. The lowest BCUT2D eigenvalue weighted by molar-refractivity contribution is 0.220. The Morgan fingerprint density at radius 1 is 1.44 bits per heavy atom.